The lowest BCUT2D eigenvalue weighted by molar-refractivity contribution is -0.137. The maximum absolute atomic E-state index is 12.6. The molecule has 2 aromatic carbocycles. The lowest BCUT2D eigenvalue weighted by Crippen LogP contribution is -2.16. The molecule has 0 aliphatic carbocycles. The van der Waals surface area contributed by atoms with Gasteiger partial charge in [-0.05, 0) is 58.0 Å². The molecule has 2 nitrogen and oxygen atoms in total. The van der Waals surface area contributed by atoms with E-state index < -0.39 is 11.7 Å². The molecular formula is C17H11F3INO. The van der Waals surface area contributed by atoms with Crippen LogP contribution in [0.3, 0.4) is 0 Å². The summed E-state index contributed by atoms with van der Waals surface area (Å²) in [5.74, 6) is 0. The first kappa shape index (κ1) is 16.0. The van der Waals surface area contributed by atoms with Crippen molar-refractivity contribution in [2.75, 3.05) is 0 Å². The molecule has 0 atom stereocenters. The van der Waals surface area contributed by atoms with Crippen molar-refractivity contribution in [1.82, 2.24) is 4.57 Å². The maximum Gasteiger partial charge on any atom is 0.416 e. The third-order valence-corrected chi connectivity index (χ3v) is 4.54. The van der Waals surface area contributed by atoms with Gasteiger partial charge in [-0.3, -0.25) is 4.79 Å². The normalized spacial score (nSPS) is 11.9. The highest BCUT2D eigenvalue weighted by Gasteiger charge is 2.29. The minimum absolute atomic E-state index is 0.0978. The molecule has 0 saturated carbocycles. The Morgan fingerprint density at radius 3 is 2.17 bits per heavy atom. The van der Waals surface area contributed by atoms with Gasteiger partial charge in [-0.1, -0.05) is 18.2 Å². The van der Waals surface area contributed by atoms with Crippen molar-refractivity contribution in [3.63, 3.8) is 0 Å². The second-order valence-corrected chi connectivity index (χ2v) is 6.39. The van der Waals surface area contributed by atoms with Crippen LogP contribution < -0.4 is 5.56 Å². The quantitative estimate of drug-likeness (QED) is 0.509. The van der Waals surface area contributed by atoms with Crippen LogP contribution in [0.2, 0.25) is 0 Å². The van der Waals surface area contributed by atoms with Crippen LogP contribution >= 0.6 is 22.6 Å². The minimum atomic E-state index is -4.34. The smallest absolute Gasteiger partial charge is 0.317 e. The molecule has 0 amide bonds. The Bertz CT molecular complexity index is 943. The van der Waals surface area contributed by atoms with Crippen molar-refractivity contribution in [3.05, 3.63) is 68.1 Å². The van der Waals surface area contributed by atoms with Gasteiger partial charge in [-0.15, -0.1) is 0 Å². The summed E-state index contributed by atoms with van der Waals surface area (Å²) >= 11 is 2.14. The number of aryl methyl sites for hydroxylation is 1. The summed E-state index contributed by atoms with van der Waals surface area (Å²) in [6, 6.07) is 10.3. The Balaban J connectivity index is 2.13. The fourth-order valence-corrected chi connectivity index (χ4v) is 3.31. The zero-order chi connectivity index (χ0) is 16.8. The van der Waals surface area contributed by atoms with Crippen molar-refractivity contribution >= 4 is 33.4 Å². The summed E-state index contributed by atoms with van der Waals surface area (Å²) in [7, 11) is 1.69. The maximum atomic E-state index is 12.6. The molecule has 0 unspecified atom stereocenters. The van der Waals surface area contributed by atoms with E-state index in [1.54, 1.807) is 25.4 Å². The number of aromatic nitrogens is 1. The Hall–Kier alpha value is -1.83. The highest BCUT2D eigenvalue weighted by Crippen LogP contribution is 2.32. The fraction of sp³-hybridized carbons (Fsp3) is 0.118. The first-order valence-corrected chi connectivity index (χ1v) is 7.82. The first-order chi connectivity index (χ1) is 10.8. The number of nitrogens with zero attached hydrogens (tertiary/aromatic N) is 1. The van der Waals surface area contributed by atoms with Crippen molar-refractivity contribution in [3.8, 4) is 11.1 Å². The molecule has 1 heterocycles. The average molecular weight is 429 g/mol. The number of benzene rings is 2. The van der Waals surface area contributed by atoms with E-state index in [2.05, 4.69) is 22.6 Å². The predicted molar refractivity (Wildman–Crippen MR) is 92.3 cm³/mol. The lowest BCUT2D eigenvalue weighted by Gasteiger charge is -2.09. The summed E-state index contributed by atoms with van der Waals surface area (Å²) in [4.78, 5) is 12.1. The van der Waals surface area contributed by atoms with E-state index in [-0.39, 0.29) is 5.56 Å². The Labute approximate surface area is 143 Å². The van der Waals surface area contributed by atoms with Crippen LogP contribution in [0.25, 0.3) is 21.9 Å². The van der Waals surface area contributed by atoms with Crippen molar-refractivity contribution in [2.45, 2.75) is 6.18 Å². The summed E-state index contributed by atoms with van der Waals surface area (Å²) in [6.45, 7) is 0. The highest BCUT2D eigenvalue weighted by atomic mass is 127. The van der Waals surface area contributed by atoms with Crippen molar-refractivity contribution in [2.24, 2.45) is 7.05 Å². The van der Waals surface area contributed by atoms with Crippen molar-refractivity contribution < 1.29 is 13.2 Å². The Kier molecular flexibility index (Phi) is 3.95. The fourth-order valence-electron chi connectivity index (χ4n) is 2.45. The largest absolute Gasteiger partial charge is 0.416 e. The van der Waals surface area contributed by atoms with Crippen LogP contribution in [-0.4, -0.2) is 4.57 Å². The zero-order valence-corrected chi connectivity index (χ0v) is 14.1. The number of rotatable bonds is 1. The SMILES string of the molecule is Cn1cc(I)c2cc(-c3ccc(C(F)(F)F)cc3)ccc2c1=O. The molecule has 0 bridgehead atoms. The molecular weight excluding hydrogens is 418 g/mol. The molecule has 23 heavy (non-hydrogen) atoms. The lowest BCUT2D eigenvalue weighted by atomic mass is 10.0. The first-order valence-electron chi connectivity index (χ1n) is 6.74. The average Bonchev–Trinajstić information content (AvgIpc) is 2.51. The van der Waals surface area contributed by atoms with Gasteiger partial charge in [-0.2, -0.15) is 13.2 Å². The van der Waals surface area contributed by atoms with Gasteiger partial charge in [0, 0.05) is 27.6 Å². The van der Waals surface area contributed by atoms with E-state index in [9.17, 15) is 18.0 Å². The van der Waals surface area contributed by atoms with Gasteiger partial charge < -0.3 is 4.57 Å². The molecule has 6 heteroatoms. The topological polar surface area (TPSA) is 22.0 Å². The van der Waals surface area contributed by atoms with Gasteiger partial charge in [0.05, 0.1) is 5.56 Å². The van der Waals surface area contributed by atoms with E-state index in [0.717, 1.165) is 26.7 Å². The van der Waals surface area contributed by atoms with Crippen LogP contribution in [0.15, 0.2) is 53.5 Å². The molecule has 118 valence electrons. The molecule has 0 saturated heterocycles. The second kappa shape index (κ2) is 5.67. The number of hydrogen-bond donors (Lipinski definition) is 0. The zero-order valence-electron chi connectivity index (χ0n) is 12.0. The van der Waals surface area contributed by atoms with Gasteiger partial charge in [0.25, 0.3) is 5.56 Å². The Morgan fingerprint density at radius 1 is 0.957 bits per heavy atom. The van der Waals surface area contributed by atoms with E-state index in [0.29, 0.717) is 10.9 Å². The number of pyridine rings is 1. The van der Waals surface area contributed by atoms with Crippen molar-refractivity contribution in [1.29, 1.82) is 0 Å². The van der Waals surface area contributed by atoms with E-state index in [4.69, 9.17) is 0 Å². The van der Waals surface area contributed by atoms with Gasteiger partial charge in [0.2, 0.25) is 0 Å². The number of halogens is 4. The molecule has 1 aromatic heterocycles. The summed E-state index contributed by atoms with van der Waals surface area (Å²) in [5, 5.41) is 1.39. The second-order valence-electron chi connectivity index (χ2n) is 5.23. The predicted octanol–water partition coefficient (Wildman–Crippen LogP) is 4.83. The van der Waals surface area contributed by atoms with E-state index in [1.807, 2.05) is 6.07 Å². The minimum Gasteiger partial charge on any atom is -0.317 e. The number of alkyl halides is 3. The highest BCUT2D eigenvalue weighted by molar-refractivity contribution is 14.1. The summed E-state index contributed by atoms with van der Waals surface area (Å²) < 4.78 is 40.3. The van der Waals surface area contributed by atoms with E-state index in [1.165, 1.54) is 16.7 Å². The third-order valence-electron chi connectivity index (χ3n) is 3.68. The molecule has 0 aliphatic rings. The number of fused-ring (bicyclic) bond motifs is 1. The van der Waals surface area contributed by atoms with Crippen LogP contribution in [0.5, 0.6) is 0 Å². The van der Waals surface area contributed by atoms with Gasteiger partial charge in [0.1, 0.15) is 0 Å². The molecule has 0 radical (unpaired) electrons. The molecule has 0 spiro atoms. The van der Waals surface area contributed by atoms with Gasteiger partial charge in [-0.25, -0.2) is 0 Å². The van der Waals surface area contributed by atoms with Crippen LogP contribution in [-0.2, 0) is 13.2 Å². The Morgan fingerprint density at radius 2 is 1.57 bits per heavy atom. The van der Waals surface area contributed by atoms with Crippen LogP contribution in [0, 0.1) is 3.57 Å². The molecule has 0 fully saturated rings. The standard InChI is InChI=1S/C17H11F3INO/c1-22-9-15(21)14-8-11(4-7-13(14)16(22)23)10-2-5-12(6-3-10)17(18,19)20/h2-9H,1H3. The molecule has 0 N–H and O–H groups in total. The van der Waals surface area contributed by atoms with Gasteiger partial charge >= 0.3 is 6.18 Å². The summed E-state index contributed by atoms with van der Waals surface area (Å²) in [6.07, 6.45) is -2.61. The summed E-state index contributed by atoms with van der Waals surface area (Å²) in [5.41, 5.74) is 0.679. The third kappa shape index (κ3) is 2.99. The van der Waals surface area contributed by atoms with Gasteiger partial charge in [0.15, 0.2) is 0 Å². The monoisotopic (exact) mass is 429 g/mol. The number of hydrogen-bond acceptors (Lipinski definition) is 1. The molecule has 0 aliphatic heterocycles. The van der Waals surface area contributed by atoms with Crippen LogP contribution in [0.4, 0.5) is 13.2 Å². The van der Waals surface area contributed by atoms with E-state index >= 15 is 0 Å². The molecule has 3 rings (SSSR count). The molecule has 3 aromatic rings. The van der Waals surface area contributed by atoms with Crippen LogP contribution in [0.1, 0.15) is 5.56 Å².